The maximum Gasteiger partial charge on any atom is 0.160 e. The largest absolute Gasteiger partial charge is 0.294 e. The molecule has 0 unspecified atom stereocenters. The SMILES string of the molecule is CC(=O)c1ccccc1-c1cnnn1-c1ccccc1. The Morgan fingerprint density at radius 3 is 2.45 bits per heavy atom. The van der Waals surface area contributed by atoms with E-state index in [4.69, 9.17) is 0 Å². The molecule has 20 heavy (non-hydrogen) atoms. The minimum atomic E-state index is 0.0291. The first-order chi connectivity index (χ1) is 9.77. The zero-order valence-corrected chi connectivity index (χ0v) is 11.0. The fourth-order valence-corrected chi connectivity index (χ4v) is 2.19. The van der Waals surface area contributed by atoms with Crippen molar-refractivity contribution < 1.29 is 4.79 Å². The molecule has 0 aliphatic heterocycles. The number of aromatic nitrogens is 3. The lowest BCUT2D eigenvalue weighted by Gasteiger charge is -2.09. The van der Waals surface area contributed by atoms with E-state index in [1.54, 1.807) is 17.8 Å². The van der Waals surface area contributed by atoms with E-state index in [2.05, 4.69) is 10.3 Å². The topological polar surface area (TPSA) is 47.8 Å². The predicted octanol–water partition coefficient (Wildman–Crippen LogP) is 3.14. The molecule has 0 aliphatic rings. The van der Waals surface area contributed by atoms with Crippen molar-refractivity contribution in [3.8, 4) is 16.9 Å². The van der Waals surface area contributed by atoms with Gasteiger partial charge in [-0.25, -0.2) is 4.68 Å². The summed E-state index contributed by atoms with van der Waals surface area (Å²) >= 11 is 0. The first-order valence-corrected chi connectivity index (χ1v) is 6.34. The summed E-state index contributed by atoms with van der Waals surface area (Å²) in [6.07, 6.45) is 1.68. The zero-order valence-electron chi connectivity index (χ0n) is 11.0. The number of Topliss-reactive ketones (excluding diaryl/α,β-unsaturated/α-hetero) is 1. The van der Waals surface area contributed by atoms with Gasteiger partial charge in [0.05, 0.1) is 17.6 Å². The van der Waals surface area contributed by atoms with Crippen LogP contribution in [-0.2, 0) is 0 Å². The summed E-state index contributed by atoms with van der Waals surface area (Å²) in [7, 11) is 0. The number of ketones is 1. The van der Waals surface area contributed by atoms with Crippen LogP contribution in [0.5, 0.6) is 0 Å². The normalized spacial score (nSPS) is 10.4. The number of rotatable bonds is 3. The third kappa shape index (κ3) is 2.12. The van der Waals surface area contributed by atoms with Crippen LogP contribution in [0.2, 0.25) is 0 Å². The molecule has 0 fully saturated rings. The molecule has 3 rings (SSSR count). The van der Waals surface area contributed by atoms with Crippen molar-refractivity contribution >= 4 is 5.78 Å². The Morgan fingerprint density at radius 1 is 1.00 bits per heavy atom. The van der Waals surface area contributed by atoms with Gasteiger partial charge >= 0.3 is 0 Å². The van der Waals surface area contributed by atoms with Gasteiger partial charge in [-0.1, -0.05) is 47.7 Å². The number of hydrogen-bond donors (Lipinski definition) is 0. The van der Waals surface area contributed by atoms with Gasteiger partial charge in [0.1, 0.15) is 0 Å². The lowest BCUT2D eigenvalue weighted by atomic mass is 10.0. The Balaban J connectivity index is 2.18. The molecule has 0 saturated heterocycles. The van der Waals surface area contributed by atoms with Gasteiger partial charge in [-0.3, -0.25) is 4.79 Å². The average molecular weight is 263 g/mol. The van der Waals surface area contributed by atoms with Crippen LogP contribution in [0, 0.1) is 0 Å². The van der Waals surface area contributed by atoms with E-state index in [1.807, 2.05) is 54.6 Å². The van der Waals surface area contributed by atoms with Crippen molar-refractivity contribution in [1.82, 2.24) is 15.0 Å². The van der Waals surface area contributed by atoms with Crippen molar-refractivity contribution in [3.63, 3.8) is 0 Å². The Hall–Kier alpha value is -2.75. The molecule has 0 amide bonds. The molecule has 4 heteroatoms. The highest BCUT2D eigenvalue weighted by molar-refractivity contribution is 6.00. The molecule has 0 radical (unpaired) electrons. The van der Waals surface area contributed by atoms with Crippen molar-refractivity contribution in [2.75, 3.05) is 0 Å². The maximum absolute atomic E-state index is 11.8. The van der Waals surface area contributed by atoms with Crippen LogP contribution in [0.1, 0.15) is 17.3 Å². The van der Waals surface area contributed by atoms with Gasteiger partial charge in [0, 0.05) is 11.1 Å². The monoisotopic (exact) mass is 263 g/mol. The number of carbonyl (C=O) groups is 1. The molecule has 3 aromatic rings. The number of hydrogen-bond acceptors (Lipinski definition) is 3. The molecule has 2 aromatic carbocycles. The van der Waals surface area contributed by atoms with Gasteiger partial charge < -0.3 is 0 Å². The Morgan fingerprint density at radius 2 is 1.70 bits per heavy atom. The summed E-state index contributed by atoms with van der Waals surface area (Å²) in [5, 5.41) is 8.10. The molecule has 0 N–H and O–H groups in total. The standard InChI is InChI=1S/C16H13N3O/c1-12(20)14-9-5-6-10-15(14)16-11-17-18-19(16)13-7-3-2-4-8-13/h2-11H,1H3. The Bertz CT molecular complexity index is 747. The van der Waals surface area contributed by atoms with Crippen molar-refractivity contribution in [2.45, 2.75) is 6.92 Å². The number of carbonyl (C=O) groups excluding carboxylic acids is 1. The van der Waals surface area contributed by atoms with Crippen LogP contribution >= 0.6 is 0 Å². The van der Waals surface area contributed by atoms with Crippen LogP contribution in [0.4, 0.5) is 0 Å². The van der Waals surface area contributed by atoms with Gasteiger partial charge in [-0.15, -0.1) is 5.10 Å². The molecule has 0 atom stereocenters. The zero-order chi connectivity index (χ0) is 13.9. The van der Waals surface area contributed by atoms with Gasteiger partial charge in [-0.05, 0) is 19.1 Å². The van der Waals surface area contributed by atoms with E-state index < -0.39 is 0 Å². The first kappa shape index (κ1) is 12.3. The summed E-state index contributed by atoms with van der Waals surface area (Å²) in [5.74, 6) is 0.0291. The van der Waals surface area contributed by atoms with Crippen LogP contribution < -0.4 is 0 Å². The second-order valence-corrected chi connectivity index (χ2v) is 4.47. The van der Waals surface area contributed by atoms with Gasteiger partial charge in [-0.2, -0.15) is 0 Å². The maximum atomic E-state index is 11.8. The number of para-hydroxylation sites is 1. The van der Waals surface area contributed by atoms with E-state index in [9.17, 15) is 4.79 Å². The van der Waals surface area contributed by atoms with Crippen LogP contribution in [0.25, 0.3) is 16.9 Å². The van der Waals surface area contributed by atoms with Gasteiger partial charge in [0.25, 0.3) is 0 Å². The molecule has 98 valence electrons. The molecule has 0 aliphatic carbocycles. The molecular formula is C16H13N3O. The fraction of sp³-hybridized carbons (Fsp3) is 0.0625. The minimum absolute atomic E-state index is 0.0291. The third-order valence-corrected chi connectivity index (χ3v) is 3.13. The molecule has 0 bridgehead atoms. The van der Waals surface area contributed by atoms with E-state index in [1.165, 1.54) is 0 Å². The van der Waals surface area contributed by atoms with E-state index in [-0.39, 0.29) is 5.78 Å². The van der Waals surface area contributed by atoms with Crippen LogP contribution in [0.3, 0.4) is 0 Å². The van der Waals surface area contributed by atoms with Crippen LogP contribution in [0.15, 0.2) is 60.8 Å². The minimum Gasteiger partial charge on any atom is -0.294 e. The summed E-state index contributed by atoms with van der Waals surface area (Å²) in [6, 6.07) is 17.2. The highest BCUT2D eigenvalue weighted by atomic mass is 16.1. The number of nitrogens with zero attached hydrogens (tertiary/aromatic N) is 3. The van der Waals surface area contributed by atoms with Gasteiger partial charge in [0.15, 0.2) is 5.78 Å². The van der Waals surface area contributed by atoms with Crippen molar-refractivity contribution in [2.24, 2.45) is 0 Å². The average Bonchev–Trinajstić information content (AvgIpc) is 2.97. The lowest BCUT2D eigenvalue weighted by molar-refractivity contribution is 0.101. The van der Waals surface area contributed by atoms with Crippen molar-refractivity contribution in [1.29, 1.82) is 0 Å². The van der Waals surface area contributed by atoms with E-state index in [0.717, 1.165) is 16.9 Å². The van der Waals surface area contributed by atoms with Gasteiger partial charge in [0.2, 0.25) is 0 Å². The molecule has 0 saturated carbocycles. The summed E-state index contributed by atoms with van der Waals surface area (Å²) in [5.41, 5.74) is 3.24. The smallest absolute Gasteiger partial charge is 0.160 e. The highest BCUT2D eigenvalue weighted by Crippen LogP contribution is 2.25. The highest BCUT2D eigenvalue weighted by Gasteiger charge is 2.14. The second kappa shape index (κ2) is 5.09. The third-order valence-electron chi connectivity index (χ3n) is 3.13. The van der Waals surface area contributed by atoms with E-state index >= 15 is 0 Å². The summed E-state index contributed by atoms with van der Waals surface area (Å²) in [6.45, 7) is 1.56. The number of benzene rings is 2. The Labute approximate surface area is 116 Å². The predicted molar refractivity (Wildman–Crippen MR) is 76.8 cm³/mol. The van der Waals surface area contributed by atoms with E-state index in [0.29, 0.717) is 5.56 Å². The molecule has 1 heterocycles. The fourth-order valence-electron chi connectivity index (χ4n) is 2.19. The molecule has 1 aromatic heterocycles. The summed E-state index contributed by atoms with van der Waals surface area (Å²) < 4.78 is 1.74. The molecular weight excluding hydrogens is 250 g/mol. The van der Waals surface area contributed by atoms with Crippen LogP contribution in [-0.4, -0.2) is 20.8 Å². The quantitative estimate of drug-likeness (QED) is 0.682. The second-order valence-electron chi connectivity index (χ2n) is 4.47. The lowest BCUT2D eigenvalue weighted by Crippen LogP contribution is -2.02. The summed E-state index contributed by atoms with van der Waals surface area (Å²) in [4.78, 5) is 11.8. The first-order valence-electron chi connectivity index (χ1n) is 6.34. The molecule has 4 nitrogen and oxygen atoms in total. The van der Waals surface area contributed by atoms with Crippen molar-refractivity contribution in [3.05, 3.63) is 66.4 Å². The Kier molecular flexibility index (Phi) is 3.13. The molecule has 0 spiro atoms.